The van der Waals surface area contributed by atoms with E-state index < -0.39 is 17.1 Å². The van der Waals surface area contributed by atoms with E-state index in [1.165, 1.54) is 54.6 Å². The number of aromatic nitrogens is 3. The molecular formula is C27H18N6O6. The number of isocyanates is 3. The van der Waals surface area contributed by atoms with Crippen LogP contribution in [-0.4, -0.2) is 31.9 Å². The Morgan fingerprint density at radius 2 is 0.667 bits per heavy atom. The summed E-state index contributed by atoms with van der Waals surface area (Å²) in [4.78, 5) is 82.6. The van der Waals surface area contributed by atoms with Crippen LogP contribution >= 0.6 is 0 Å². The maximum atomic E-state index is 13.6. The van der Waals surface area contributed by atoms with E-state index in [1.807, 2.05) is 0 Å². The summed E-state index contributed by atoms with van der Waals surface area (Å²) in [5.41, 5.74) is -0.245. The molecule has 1 heterocycles. The Labute approximate surface area is 219 Å². The molecule has 12 nitrogen and oxygen atoms in total. The maximum Gasteiger partial charge on any atom is 0.345 e. The molecule has 0 aliphatic heterocycles. The largest absolute Gasteiger partial charge is 0.345 e. The number of carbonyl (C=O) groups excluding carboxylic acids is 3. The van der Waals surface area contributed by atoms with Crippen LogP contribution in [0.15, 0.2) is 102 Å². The number of benzene rings is 3. The van der Waals surface area contributed by atoms with Crippen LogP contribution in [0.1, 0.15) is 16.7 Å². The van der Waals surface area contributed by atoms with Crippen molar-refractivity contribution in [1.29, 1.82) is 0 Å². The average molecular weight is 522 g/mol. The summed E-state index contributed by atoms with van der Waals surface area (Å²) in [6.45, 7) is 0.218. The van der Waals surface area contributed by atoms with E-state index in [-0.39, 0.29) is 36.7 Å². The maximum absolute atomic E-state index is 13.6. The summed E-state index contributed by atoms with van der Waals surface area (Å²) in [7, 11) is 0. The first-order valence-electron chi connectivity index (χ1n) is 11.4. The van der Waals surface area contributed by atoms with Gasteiger partial charge >= 0.3 is 17.1 Å². The smallest absolute Gasteiger partial charge is 0.246 e. The van der Waals surface area contributed by atoms with Gasteiger partial charge in [-0.2, -0.15) is 0 Å². The first kappa shape index (κ1) is 26.3. The van der Waals surface area contributed by atoms with E-state index in [2.05, 4.69) is 15.0 Å². The van der Waals surface area contributed by atoms with E-state index in [0.717, 1.165) is 13.7 Å². The second-order valence-corrected chi connectivity index (χ2v) is 8.08. The van der Waals surface area contributed by atoms with Gasteiger partial charge < -0.3 is 0 Å². The summed E-state index contributed by atoms with van der Waals surface area (Å²) in [6, 6.07) is 18.5. The SMILES string of the molecule is O=C=NCc1ccc(-n2c(=O)n(-c3ccc(CN=C=O)cc3)c(=O)n(-c3ccc(CN=C=O)cc3)c2=O)cc1. The normalized spacial score (nSPS) is 10.2. The fourth-order valence-electron chi connectivity index (χ4n) is 3.83. The highest BCUT2D eigenvalue weighted by Gasteiger charge is 2.19. The lowest BCUT2D eigenvalue weighted by molar-refractivity contribution is 0.562. The fraction of sp³-hybridized carbons (Fsp3) is 0.111. The molecule has 0 fully saturated rings. The lowest BCUT2D eigenvalue weighted by Gasteiger charge is -2.15. The standard InChI is InChI=1S/C27H18N6O6/c34-16-28-13-19-1-7-22(8-2-19)31-25(37)32(23-9-3-20(4-10-23)14-29-17-35)27(39)33(26(31)38)24-11-5-21(6-12-24)15-30-18-36/h1-12H,13-15H2. The molecule has 192 valence electrons. The Hall–Kier alpha value is -5.79. The third kappa shape index (κ3) is 5.64. The Morgan fingerprint density at radius 1 is 0.436 bits per heavy atom. The first-order valence-corrected chi connectivity index (χ1v) is 11.4. The minimum Gasteiger partial charge on any atom is -0.246 e. The van der Waals surface area contributed by atoms with Gasteiger partial charge in [0.2, 0.25) is 18.2 Å². The fourth-order valence-corrected chi connectivity index (χ4v) is 3.83. The Morgan fingerprint density at radius 3 is 0.872 bits per heavy atom. The second kappa shape index (κ2) is 12.0. The number of hydrogen-bond acceptors (Lipinski definition) is 9. The topological polar surface area (TPSA) is 154 Å². The Balaban J connectivity index is 1.95. The number of rotatable bonds is 9. The van der Waals surface area contributed by atoms with Crippen molar-refractivity contribution >= 4 is 18.2 Å². The van der Waals surface area contributed by atoms with Crippen molar-refractivity contribution in [1.82, 2.24) is 13.7 Å². The lowest BCUT2D eigenvalue weighted by atomic mass is 10.2. The van der Waals surface area contributed by atoms with Gasteiger partial charge in [0.1, 0.15) is 0 Å². The van der Waals surface area contributed by atoms with Crippen LogP contribution in [0.5, 0.6) is 0 Å². The number of aliphatic imine (C=N–C) groups is 3. The minimum atomic E-state index is -0.907. The summed E-state index contributed by atoms with van der Waals surface area (Å²) in [6.07, 6.45) is 4.34. The molecule has 39 heavy (non-hydrogen) atoms. The van der Waals surface area contributed by atoms with Gasteiger partial charge in [-0.15, -0.1) is 0 Å². The summed E-state index contributed by atoms with van der Waals surface area (Å²) >= 11 is 0. The molecule has 0 unspecified atom stereocenters. The second-order valence-electron chi connectivity index (χ2n) is 8.08. The van der Waals surface area contributed by atoms with E-state index in [0.29, 0.717) is 16.7 Å². The zero-order valence-corrected chi connectivity index (χ0v) is 20.2. The van der Waals surface area contributed by atoms with Gasteiger partial charge in [-0.25, -0.2) is 57.4 Å². The molecule has 0 N–H and O–H groups in total. The van der Waals surface area contributed by atoms with Crippen LogP contribution in [0.3, 0.4) is 0 Å². The van der Waals surface area contributed by atoms with Crippen molar-refractivity contribution in [3.05, 3.63) is 121 Å². The van der Waals surface area contributed by atoms with E-state index in [9.17, 15) is 28.8 Å². The number of nitrogens with zero attached hydrogens (tertiary/aromatic N) is 6. The van der Waals surface area contributed by atoms with Gasteiger partial charge in [0.05, 0.1) is 36.7 Å². The zero-order chi connectivity index (χ0) is 27.8. The van der Waals surface area contributed by atoms with Crippen molar-refractivity contribution in [2.75, 3.05) is 0 Å². The van der Waals surface area contributed by atoms with Gasteiger partial charge in [0.15, 0.2) is 0 Å². The summed E-state index contributed by atoms with van der Waals surface area (Å²) < 4.78 is 2.55. The van der Waals surface area contributed by atoms with Gasteiger partial charge in [-0.1, -0.05) is 36.4 Å². The van der Waals surface area contributed by atoms with Crippen LogP contribution in [0.4, 0.5) is 0 Å². The minimum absolute atomic E-state index is 0.0728. The molecule has 0 amide bonds. The molecule has 4 rings (SSSR count). The van der Waals surface area contributed by atoms with Crippen molar-refractivity contribution in [2.45, 2.75) is 19.6 Å². The Bertz CT molecular complexity index is 1580. The van der Waals surface area contributed by atoms with Gasteiger partial charge in [-0.3, -0.25) is 0 Å². The highest BCUT2D eigenvalue weighted by molar-refractivity contribution is 5.41. The zero-order valence-electron chi connectivity index (χ0n) is 20.2. The van der Waals surface area contributed by atoms with E-state index in [4.69, 9.17) is 0 Å². The van der Waals surface area contributed by atoms with Crippen LogP contribution < -0.4 is 17.1 Å². The van der Waals surface area contributed by atoms with Crippen LogP contribution in [0, 0.1) is 0 Å². The van der Waals surface area contributed by atoms with Crippen molar-refractivity contribution in [3.8, 4) is 17.1 Å². The van der Waals surface area contributed by atoms with Gasteiger partial charge in [0, 0.05) is 0 Å². The predicted molar refractivity (Wildman–Crippen MR) is 139 cm³/mol. The van der Waals surface area contributed by atoms with Crippen LogP contribution in [0.2, 0.25) is 0 Å². The molecule has 0 radical (unpaired) electrons. The molecule has 0 atom stereocenters. The summed E-state index contributed by atoms with van der Waals surface area (Å²) in [5.74, 6) is 0. The van der Waals surface area contributed by atoms with Crippen LogP contribution in [0.25, 0.3) is 17.1 Å². The quantitative estimate of drug-likeness (QED) is 0.240. The van der Waals surface area contributed by atoms with E-state index in [1.54, 1.807) is 36.4 Å². The molecule has 0 spiro atoms. The molecule has 3 aromatic carbocycles. The molecule has 0 saturated heterocycles. The van der Waals surface area contributed by atoms with Gasteiger partial charge in [0.25, 0.3) is 0 Å². The van der Waals surface area contributed by atoms with Crippen LogP contribution in [-0.2, 0) is 34.0 Å². The molecule has 0 bridgehead atoms. The van der Waals surface area contributed by atoms with E-state index >= 15 is 0 Å². The predicted octanol–water partition coefficient (Wildman–Crippen LogP) is 1.65. The molecule has 0 aliphatic carbocycles. The summed E-state index contributed by atoms with van der Waals surface area (Å²) in [5, 5.41) is 0. The highest BCUT2D eigenvalue weighted by atomic mass is 16.2. The molecule has 4 aromatic rings. The third-order valence-corrected chi connectivity index (χ3v) is 5.71. The molecule has 0 aliphatic rings. The highest BCUT2D eigenvalue weighted by Crippen LogP contribution is 2.12. The van der Waals surface area contributed by atoms with Crippen molar-refractivity contribution in [3.63, 3.8) is 0 Å². The molecular weight excluding hydrogens is 504 g/mol. The lowest BCUT2D eigenvalue weighted by Crippen LogP contribution is -2.52. The monoisotopic (exact) mass is 522 g/mol. The molecule has 12 heteroatoms. The van der Waals surface area contributed by atoms with Crippen molar-refractivity contribution < 1.29 is 14.4 Å². The molecule has 1 aromatic heterocycles. The molecule has 0 saturated carbocycles. The number of hydrogen-bond donors (Lipinski definition) is 0. The first-order chi connectivity index (χ1) is 19.0. The van der Waals surface area contributed by atoms with Crippen molar-refractivity contribution in [2.24, 2.45) is 15.0 Å². The Kier molecular flexibility index (Phi) is 8.06. The third-order valence-electron chi connectivity index (χ3n) is 5.71. The average Bonchev–Trinajstić information content (AvgIpc) is 2.96. The van der Waals surface area contributed by atoms with Gasteiger partial charge in [-0.05, 0) is 53.1 Å².